The standard InChI is InChI=1S/C8H15NO3/c1-6(10)4-7(9)5-8(11-2)12-3/h4,8H,5,9H2,1-3H3/b7-4-. The van der Waals surface area contributed by atoms with E-state index in [9.17, 15) is 4.79 Å². The van der Waals surface area contributed by atoms with Gasteiger partial charge in [-0.15, -0.1) is 0 Å². The summed E-state index contributed by atoms with van der Waals surface area (Å²) >= 11 is 0. The summed E-state index contributed by atoms with van der Waals surface area (Å²) in [5, 5.41) is 0. The van der Waals surface area contributed by atoms with E-state index in [1.807, 2.05) is 0 Å². The average Bonchev–Trinajstić information content (AvgIpc) is 1.98. The van der Waals surface area contributed by atoms with Crippen molar-refractivity contribution in [3.63, 3.8) is 0 Å². The Morgan fingerprint density at radius 2 is 2.00 bits per heavy atom. The maximum Gasteiger partial charge on any atom is 0.162 e. The summed E-state index contributed by atoms with van der Waals surface area (Å²) < 4.78 is 9.79. The maximum atomic E-state index is 10.6. The van der Waals surface area contributed by atoms with E-state index in [0.717, 1.165) is 0 Å². The van der Waals surface area contributed by atoms with Gasteiger partial charge >= 0.3 is 0 Å². The van der Waals surface area contributed by atoms with Crippen LogP contribution in [0.4, 0.5) is 0 Å². The van der Waals surface area contributed by atoms with Crippen molar-refractivity contribution in [3.05, 3.63) is 11.8 Å². The summed E-state index contributed by atoms with van der Waals surface area (Å²) in [4.78, 5) is 10.6. The lowest BCUT2D eigenvalue weighted by molar-refractivity contribution is -0.112. The Kier molecular flexibility index (Phi) is 5.32. The molecule has 0 aromatic heterocycles. The van der Waals surface area contributed by atoms with Gasteiger partial charge in [-0.05, 0) is 13.0 Å². The van der Waals surface area contributed by atoms with Crippen LogP contribution in [0.25, 0.3) is 0 Å². The van der Waals surface area contributed by atoms with Crippen LogP contribution >= 0.6 is 0 Å². The molecule has 0 rings (SSSR count). The van der Waals surface area contributed by atoms with Crippen LogP contribution in [-0.2, 0) is 14.3 Å². The van der Waals surface area contributed by atoms with Gasteiger partial charge in [0, 0.05) is 26.3 Å². The zero-order valence-electron chi connectivity index (χ0n) is 7.66. The molecule has 0 aromatic carbocycles. The summed E-state index contributed by atoms with van der Waals surface area (Å²) in [7, 11) is 3.05. The van der Waals surface area contributed by atoms with Crippen molar-refractivity contribution < 1.29 is 14.3 Å². The molecule has 0 aliphatic heterocycles. The van der Waals surface area contributed by atoms with E-state index in [4.69, 9.17) is 15.2 Å². The Morgan fingerprint density at radius 3 is 2.33 bits per heavy atom. The molecule has 0 unspecified atom stereocenters. The molecule has 0 aliphatic carbocycles. The molecule has 0 atom stereocenters. The van der Waals surface area contributed by atoms with Crippen LogP contribution in [0, 0.1) is 0 Å². The quantitative estimate of drug-likeness (QED) is 0.483. The fourth-order valence-electron chi connectivity index (χ4n) is 0.775. The number of carbonyl (C=O) groups excluding carboxylic acids is 1. The van der Waals surface area contributed by atoms with Crippen LogP contribution in [0.3, 0.4) is 0 Å². The van der Waals surface area contributed by atoms with Crippen LogP contribution in [0.5, 0.6) is 0 Å². The first-order valence-electron chi connectivity index (χ1n) is 3.62. The van der Waals surface area contributed by atoms with Gasteiger partial charge in [-0.2, -0.15) is 0 Å². The lowest BCUT2D eigenvalue weighted by Gasteiger charge is -2.12. The zero-order valence-corrected chi connectivity index (χ0v) is 7.66. The molecule has 0 bridgehead atoms. The monoisotopic (exact) mass is 173 g/mol. The number of methoxy groups -OCH3 is 2. The number of ketones is 1. The Hall–Kier alpha value is -0.870. The van der Waals surface area contributed by atoms with Gasteiger partial charge in [0.05, 0.1) is 0 Å². The second-order valence-electron chi connectivity index (χ2n) is 2.43. The number of allylic oxidation sites excluding steroid dienone is 1. The fraction of sp³-hybridized carbons (Fsp3) is 0.625. The third kappa shape index (κ3) is 4.87. The molecule has 12 heavy (non-hydrogen) atoms. The highest BCUT2D eigenvalue weighted by Crippen LogP contribution is 2.03. The van der Waals surface area contributed by atoms with Gasteiger partial charge in [0.1, 0.15) is 0 Å². The van der Waals surface area contributed by atoms with Crippen molar-refractivity contribution in [2.75, 3.05) is 14.2 Å². The average molecular weight is 173 g/mol. The van der Waals surface area contributed by atoms with E-state index in [2.05, 4.69) is 0 Å². The molecule has 0 spiro atoms. The SMILES string of the molecule is COC(C/C(N)=C/C(C)=O)OC. The van der Waals surface area contributed by atoms with E-state index >= 15 is 0 Å². The number of carbonyl (C=O) groups is 1. The molecule has 0 heterocycles. The highest BCUT2D eigenvalue weighted by Gasteiger charge is 2.06. The van der Waals surface area contributed by atoms with E-state index in [1.165, 1.54) is 27.2 Å². The van der Waals surface area contributed by atoms with Crippen LogP contribution in [0.1, 0.15) is 13.3 Å². The Balaban J connectivity index is 3.97. The van der Waals surface area contributed by atoms with Crippen LogP contribution in [0.2, 0.25) is 0 Å². The molecule has 2 N–H and O–H groups in total. The molecule has 4 nitrogen and oxygen atoms in total. The van der Waals surface area contributed by atoms with Crippen molar-refractivity contribution in [2.45, 2.75) is 19.6 Å². The molecule has 0 radical (unpaired) electrons. The van der Waals surface area contributed by atoms with Gasteiger partial charge in [-0.1, -0.05) is 0 Å². The maximum absolute atomic E-state index is 10.6. The minimum atomic E-state index is -0.374. The predicted octanol–water partition coefficient (Wildman–Crippen LogP) is 0.427. The third-order valence-electron chi connectivity index (χ3n) is 1.32. The number of hydrogen-bond acceptors (Lipinski definition) is 4. The Labute approximate surface area is 72.3 Å². The number of nitrogens with two attached hydrogens (primary N) is 1. The molecule has 0 aromatic rings. The predicted molar refractivity (Wildman–Crippen MR) is 45.4 cm³/mol. The van der Waals surface area contributed by atoms with Gasteiger partial charge in [-0.25, -0.2) is 0 Å². The van der Waals surface area contributed by atoms with Gasteiger partial charge < -0.3 is 15.2 Å². The highest BCUT2D eigenvalue weighted by molar-refractivity contribution is 5.87. The molecule has 0 aliphatic rings. The molecular weight excluding hydrogens is 158 g/mol. The molecule has 70 valence electrons. The topological polar surface area (TPSA) is 61.5 Å². The molecule has 0 fully saturated rings. The van der Waals surface area contributed by atoms with Crippen LogP contribution < -0.4 is 5.73 Å². The molecule has 0 saturated heterocycles. The first-order valence-corrected chi connectivity index (χ1v) is 3.62. The van der Waals surface area contributed by atoms with Gasteiger partial charge in [-0.3, -0.25) is 4.79 Å². The fourth-order valence-corrected chi connectivity index (χ4v) is 0.775. The number of rotatable bonds is 5. The largest absolute Gasteiger partial charge is 0.402 e. The summed E-state index contributed by atoms with van der Waals surface area (Å²) in [6, 6.07) is 0. The van der Waals surface area contributed by atoms with E-state index in [1.54, 1.807) is 0 Å². The van der Waals surface area contributed by atoms with Gasteiger partial charge in [0.25, 0.3) is 0 Å². The molecule has 4 heteroatoms. The van der Waals surface area contributed by atoms with E-state index in [0.29, 0.717) is 12.1 Å². The highest BCUT2D eigenvalue weighted by atomic mass is 16.7. The molecule has 0 amide bonds. The normalized spacial score (nSPS) is 12.2. The van der Waals surface area contributed by atoms with Crippen LogP contribution in [0.15, 0.2) is 11.8 Å². The van der Waals surface area contributed by atoms with Gasteiger partial charge in [0.2, 0.25) is 0 Å². The van der Waals surface area contributed by atoms with Crippen molar-refractivity contribution in [3.8, 4) is 0 Å². The van der Waals surface area contributed by atoms with E-state index in [-0.39, 0.29) is 12.1 Å². The van der Waals surface area contributed by atoms with Crippen molar-refractivity contribution in [1.29, 1.82) is 0 Å². The Bertz CT molecular complexity index is 173. The molecule has 0 saturated carbocycles. The summed E-state index contributed by atoms with van der Waals surface area (Å²) in [5.74, 6) is -0.0709. The number of ether oxygens (including phenoxy) is 2. The summed E-state index contributed by atoms with van der Waals surface area (Å²) in [6.45, 7) is 1.45. The first kappa shape index (κ1) is 11.1. The second kappa shape index (κ2) is 5.74. The lowest BCUT2D eigenvalue weighted by atomic mass is 10.2. The zero-order chi connectivity index (χ0) is 9.56. The van der Waals surface area contributed by atoms with Gasteiger partial charge in [0.15, 0.2) is 12.1 Å². The van der Waals surface area contributed by atoms with Crippen molar-refractivity contribution in [1.82, 2.24) is 0 Å². The van der Waals surface area contributed by atoms with E-state index < -0.39 is 0 Å². The Morgan fingerprint density at radius 1 is 1.50 bits per heavy atom. The first-order chi connectivity index (χ1) is 5.60. The third-order valence-corrected chi connectivity index (χ3v) is 1.32. The minimum absolute atomic E-state index is 0.0709. The van der Waals surface area contributed by atoms with Crippen LogP contribution in [-0.4, -0.2) is 26.3 Å². The summed E-state index contributed by atoms with van der Waals surface area (Å²) in [5.41, 5.74) is 5.98. The number of hydrogen-bond donors (Lipinski definition) is 1. The second-order valence-corrected chi connectivity index (χ2v) is 2.43. The molecular formula is C8H15NO3. The van der Waals surface area contributed by atoms with Crippen molar-refractivity contribution in [2.24, 2.45) is 5.73 Å². The summed E-state index contributed by atoms with van der Waals surface area (Å²) in [6.07, 6.45) is 1.40. The lowest BCUT2D eigenvalue weighted by Crippen LogP contribution is -2.17. The minimum Gasteiger partial charge on any atom is -0.402 e. The smallest absolute Gasteiger partial charge is 0.162 e. The van der Waals surface area contributed by atoms with Crippen molar-refractivity contribution >= 4 is 5.78 Å².